The van der Waals surface area contributed by atoms with Crippen LogP contribution >= 0.6 is 0 Å². The molecule has 0 radical (unpaired) electrons. The maximum Gasteiger partial charge on any atom is 0.220 e. The minimum Gasteiger partial charge on any atom is -0.394 e. The predicted octanol–water partition coefficient (Wildman–Crippen LogP) is 16.1. The first kappa shape index (κ1) is 83.3. The van der Waals surface area contributed by atoms with Gasteiger partial charge in [-0.25, -0.2) is 0 Å². The molecule has 89 heavy (non-hydrogen) atoms. The molecule has 14 nitrogen and oxygen atoms in total. The van der Waals surface area contributed by atoms with Gasteiger partial charge in [-0.05, 0) is 57.8 Å². The number of amides is 1. The summed E-state index contributed by atoms with van der Waals surface area (Å²) in [5.41, 5.74) is 0. The first-order valence-electron chi connectivity index (χ1n) is 37.7. The highest BCUT2D eigenvalue weighted by Gasteiger charge is 2.51. The van der Waals surface area contributed by atoms with Gasteiger partial charge in [0.2, 0.25) is 5.91 Å². The van der Waals surface area contributed by atoms with Gasteiger partial charge in [0.15, 0.2) is 12.6 Å². The lowest BCUT2D eigenvalue weighted by atomic mass is 9.97. The van der Waals surface area contributed by atoms with Gasteiger partial charge in [0.1, 0.15) is 48.8 Å². The number of hydrogen-bond acceptors (Lipinski definition) is 13. The Morgan fingerprint density at radius 2 is 0.719 bits per heavy atom. The van der Waals surface area contributed by atoms with Gasteiger partial charge in [-0.2, -0.15) is 0 Å². The Labute approximate surface area is 544 Å². The first-order chi connectivity index (χ1) is 43.6. The zero-order valence-corrected chi connectivity index (χ0v) is 57.2. The minimum atomic E-state index is -1.79. The van der Waals surface area contributed by atoms with Crippen LogP contribution in [0.3, 0.4) is 0 Å². The summed E-state index contributed by atoms with van der Waals surface area (Å²) in [5.74, 6) is -0.242. The van der Waals surface area contributed by atoms with Crippen LogP contribution in [0.1, 0.15) is 341 Å². The van der Waals surface area contributed by atoms with Crippen molar-refractivity contribution in [1.82, 2.24) is 5.32 Å². The van der Waals surface area contributed by atoms with E-state index < -0.39 is 86.8 Å². The van der Waals surface area contributed by atoms with Gasteiger partial charge >= 0.3 is 0 Å². The zero-order valence-electron chi connectivity index (χ0n) is 57.2. The molecule has 0 aromatic heterocycles. The third-order valence-corrected chi connectivity index (χ3v) is 18.5. The van der Waals surface area contributed by atoms with Crippen LogP contribution in [0.25, 0.3) is 0 Å². The van der Waals surface area contributed by atoms with Crippen molar-refractivity contribution < 1.29 is 64.6 Å². The quantitative estimate of drug-likeness (QED) is 0.0204. The monoisotopic (exact) mass is 1260 g/mol. The van der Waals surface area contributed by atoms with Gasteiger partial charge in [-0.1, -0.05) is 314 Å². The van der Waals surface area contributed by atoms with Gasteiger partial charge in [0.25, 0.3) is 0 Å². The highest BCUT2D eigenvalue weighted by Crippen LogP contribution is 2.30. The lowest BCUT2D eigenvalue weighted by Crippen LogP contribution is -2.65. The molecule has 0 aromatic carbocycles. The summed E-state index contributed by atoms with van der Waals surface area (Å²) in [7, 11) is 0. The fourth-order valence-corrected chi connectivity index (χ4v) is 12.5. The molecular formula is C75H141NO13. The van der Waals surface area contributed by atoms with Crippen LogP contribution in [0, 0.1) is 0 Å². The Bertz CT molecular complexity index is 1630. The van der Waals surface area contributed by atoms with E-state index in [1.807, 2.05) is 6.08 Å². The number of unbranched alkanes of at least 4 members (excludes halogenated alkanes) is 46. The molecular weight excluding hydrogens is 1120 g/mol. The van der Waals surface area contributed by atoms with E-state index >= 15 is 0 Å². The van der Waals surface area contributed by atoms with Crippen LogP contribution < -0.4 is 5.32 Å². The molecule has 2 heterocycles. The molecule has 1 amide bonds. The second kappa shape index (κ2) is 59.9. The Hall–Kier alpha value is -1.79. The second-order valence-electron chi connectivity index (χ2n) is 26.8. The second-order valence-corrected chi connectivity index (χ2v) is 26.8. The van der Waals surface area contributed by atoms with Gasteiger partial charge in [-0.3, -0.25) is 4.79 Å². The van der Waals surface area contributed by atoms with E-state index in [-0.39, 0.29) is 18.9 Å². The molecule has 524 valence electrons. The van der Waals surface area contributed by atoms with Gasteiger partial charge in [-0.15, -0.1) is 0 Å². The van der Waals surface area contributed by atoms with Gasteiger partial charge < -0.3 is 65.1 Å². The van der Waals surface area contributed by atoms with Crippen molar-refractivity contribution in [2.75, 3.05) is 19.8 Å². The molecule has 0 saturated carbocycles. The number of allylic oxidation sites excluding steroid dienone is 5. The third-order valence-electron chi connectivity index (χ3n) is 18.5. The van der Waals surface area contributed by atoms with Crippen LogP contribution in [-0.2, 0) is 23.7 Å². The molecule has 12 atom stereocenters. The molecule has 0 aromatic rings. The van der Waals surface area contributed by atoms with Crippen molar-refractivity contribution in [2.45, 2.75) is 415 Å². The molecule has 2 fully saturated rings. The maximum absolute atomic E-state index is 13.3. The van der Waals surface area contributed by atoms with E-state index in [1.165, 1.54) is 276 Å². The summed E-state index contributed by atoms with van der Waals surface area (Å²) < 4.78 is 22.8. The van der Waals surface area contributed by atoms with Gasteiger partial charge in [0.05, 0.1) is 32.0 Å². The lowest BCUT2D eigenvalue weighted by Gasteiger charge is -2.46. The van der Waals surface area contributed by atoms with Crippen LogP contribution in [0.4, 0.5) is 0 Å². The highest BCUT2D eigenvalue weighted by molar-refractivity contribution is 5.76. The van der Waals surface area contributed by atoms with Crippen molar-refractivity contribution in [3.8, 4) is 0 Å². The minimum absolute atomic E-state index is 0.242. The fourth-order valence-electron chi connectivity index (χ4n) is 12.5. The molecule has 2 rings (SSSR count). The van der Waals surface area contributed by atoms with E-state index in [9.17, 15) is 45.6 Å². The van der Waals surface area contributed by atoms with E-state index in [2.05, 4.69) is 43.5 Å². The summed E-state index contributed by atoms with van der Waals surface area (Å²) in [4.78, 5) is 13.3. The maximum atomic E-state index is 13.3. The summed E-state index contributed by atoms with van der Waals surface area (Å²) in [6.07, 6.45) is 60.9. The molecule has 2 aliphatic rings. The molecule has 2 aliphatic heterocycles. The van der Waals surface area contributed by atoms with Crippen LogP contribution in [0.15, 0.2) is 36.5 Å². The Morgan fingerprint density at radius 1 is 0.393 bits per heavy atom. The summed E-state index contributed by atoms with van der Waals surface area (Å²) in [5, 5.41) is 87.4. The summed E-state index contributed by atoms with van der Waals surface area (Å²) >= 11 is 0. The van der Waals surface area contributed by atoms with Crippen molar-refractivity contribution in [1.29, 1.82) is 0 Å². The number of carbonyl (C=O) groups excluding carboxylic acids is 1. The highest BCUT2D eigenvalue weighted by atomic mass is 16.7. The largest absolute Gasteiger partial charge is 0.394 e. The van der Waals surface area contributed by atoms with Gasteiger partial charge in [0, 0.05) is 6.42 Å². The normalized spacial score (nSPS) is 23.2. The number of aliphatic hydroxyl groups is 8. The molecule has 0 bridgehead atoms. The Morgan fingerprint density at radius 3 is 1.10 bits per heavy atom. The number of rotatable bonds is 63. The number of aliphatic hydroxyl groups excluding tert-OH is 8. The number of carbonyl (C=O) groups is 1. The fraction of sp³-hybridized carbons (Fsp3) is 0.907. The Kier molecular flexibility index (Phi) is 56.1. The molecule has 12 unspecified atom stereocenters. The molecule has 14 heteroatoms. The van der Waals surface area contributed by atoms with Crippen molar-refractivity contribution >= 4 is 5.91 Å². The number of nitrogens with one attached hydrogen (secondary N) is 1. The predicted molar refractivity (Wildman–Crippen MR) is 365 cm³/mol. The molecule has 9 N–H and O–H groups in total. The number of ether oxygens (including phenoxy) is 4. The Balaban J connectivity index is 1.59. The smallest absolute Gasteiger partial charge is 0.220 e. The van der Waals surface area contributed by atoms with E-state index in [0.717, 1.165) is 32.1 Å². The third kappa shape index (κ3) is 43.7. The average molecular weight is 1260 g/mol. The topological polar surface area (TPSA) is 228 Å². The number of hydrogen-bond donors (Lipinski definition) is 9. The van der Waals surface area contributed by atoms with E-state index in [4.69, 9.17) is 18.9 Å². The van der Waals surface area contributed by atoms with E-state index in [0.29, 0.717) is 12.8 Å². The molecule has 2 saturated heterocycles. The van der Waals surface area contributed by atoms with Crippen LogP contribution in [-0.4, -0.2) is 140 Å². The molecule has 0 spiro atoms. The lowest BCUT2D eigenvalue weighted by molar-refractivity contribution is -0.359. The van der Waals surface area contributed by atoms with Crippen LogP contribution in [0.2, 0.25) is 0 Å². The van der Waals surface area contributed by atoms with Crippen molar-refractivity contribution in [2.24, 2.45) is 0 Å². The SMILES string of the molecule is CCCCCCCCCC/C=C\CCCCCCCCCCCCCCCCCCCCCCCCCCCC(=O)NC(COC1OC(CO)C(OC2OC(CO)C(O)C(O)C2O)C(O)C1O)C(O)/C=C/CC/C=C/CCCCCCCCCCCCCC. The standard InChI is InChI=1S/C75H141NO13/c1-3-5-7-9-11-13-15-17-19-21-23-24-25-26-27-28-29-30-31-32-33-34-35-36-37-38-39-40-41-43-45-47-49-51-53-55-57-59-67(80)76-63(64(79)58-56-54-52-50-48-46-44-42-22-20-18-16-14-12-10-8-6-4-2)62-86-74-72(85)70(83)73(66(61-78)88-74)89-75-71(84)69(82)68(81)65(60-77)87-75/h21,23,48,50,56,58,63-66,68-75,77-79,81-85H,3-20,22,24-47,49,51-55,57,59-62H2,1-2H3,(H,76,80)/b23-21-,50-48+,58-56+. The first-order valence-corrected chi connectivity index (χ1v) is 37.7. The van der Waals surface area contributed by atoms with Crippen molar-refractivity contribution in [3.63, 3.8) is 0 Å². The molecule has 0 aliphatic carbocycles. The summed E-state index contributed by atoms with van der Waals surface area (Å²) in [6, 6.07) is -0.930. The van der Waals surface area contributed by atoms with E-state index in [1.54, 1.807) is 6.08 Å². The zero-order chi connectivity index (χ0) is 64.5. The van der Waals surface area contributed by atoms with Crippen molar-refractivity contribution in [3.05, 3.63) is 36.5 Å². The average Bonchev–Trinajstić information content (AvgIpc) is 1.44. The summed E-state index contributed by atoms with van der Waals surface area (Å²) in [6.45, 7) is 2.82. The van der Waals surface area contributed by atoms with Crippen LogP contribution in [0.5, 0.6) is 0 Å².